The van der Waals surface area contributed by atoms with E-state index in [2.05, 4.69) is 59.0 Å². The molecule has 2 nitrogen and oxygen atoms in total. The van der Waals surface area contributed by atoms with Crippen molar-refractivity contribution in [1.29, 1.82) is 0 Å². The molecular formula is C17H25NO. The van der Waals surface area contributed by atoms with E-state index < -0.39 is 0 Å². The number of nitrogens with one attached hydrogen (secondary N) is 1. The fourth-order valence-electron chi connectivity index (χ4n) is 2.59. The molecule has 0 saturated carbocycles. The Labute approximate surface area is 116 Å². The van der Waals surface area contributed by atoms with Crippen LogP contribution >= 0.6 is 0 Å². The number of furan rings is 1. The third-order valence-electron chi connectivity index (χ3n) is 3.73. The second kappa shape index (κ2) is 5.01. The highest BCUT2D eigenvalue weighted by molar-refractivity contribution is 5.88. The zero-order valence-electron chi connectivity index (χ0n) is 13.0. The van der Waals surface area contributed by atoms with E-state index in [1.807, 2.05) is 0 Å². The molecule has 0 saturated heterocycles. The molecule has 0 aliphatic rings. The first-order valence-electron chi connectivity index (χ1n) is 7.09. The minimum atomic E-state index is 0.103. The molecule has 1 heterocycles. The zero-order chi connectivity index (χ0) is 14.2. The monoisotopic (exact) mass is 259 g/mol. The number of hydrogen-bond acceptors (Lipinski definition) is 2. The van der Waals surface area contributed by atoms with E-state index in [1.54, 1.807) is 0 Å². The predicted molar refractivity (Wildman–Crippen MR) is 81.8 cm³/mol. The smallest absolute Gasteiger partial charge is 0.138 e. The van der Waals surface area contributed by atoms with Gasteiger partial charge in [0.2, 0.25) is 0 Å². The van der Waals surface area contributed by atoms with Crippen LogP contribution in [0, 0.1) is 13.8 Å². The molecule has 104 valence electrons. The molecule has 0 fully saturated rings. The molecule has 0 bridgehead atoms. The van der Waals surface area contributed by atoms with E-state index in [-0.39, 0.29) is 5.41 Å². The van der Waals surface area contributed by atoms with E-state index in [4.69, 9.17) is 4.42 Å². The third-order valence-corrected chi connectivity index (χ3v) is 3.73. The van der Waals surface area contributed by atoms with Gasteiger partial charge in [0, 0.05) is 10.9 Å². The van der Waals surface area contributed by atoms with Crippen molar-refractivity contribution in [3.8, 4) is 0 Å². The summed E-state index contributed by atoms with van der Waals surface area (Å²) in [6.45, 7) is 14.9. The summed E-state index contributed by atoms with van der Waals surface area (Å²) in [6, 6.07) is 4.42. The van der Waals surface area contributed by atoms with E-state index in [0.717, 1.165) is 24.4 Å². The van der Waals surface area contributed by atoms with Gasteiger partial charge in [0.05, 0.1) is 6.54 Å². The lowest BCUT2D eigenvalue weighted by atomic mass is 9.85. The maximum atomic E-state index is 6.18. The van der Waals surface area contributed by atoms with E-state index in [1.165, 1.54) is 22.1 Å². The van der Waals surface area contributed by atoms with Gasteiger partial charge in [-0.2, -0.15) is 0 Å². The molecule has 0 aliphatic heterocycles. The highest BCUT2D eigenvalue weighted by Gasteiger charge is 2.22. The lowest BCUT2D eigenvalue weighted by Gasteiger charge is -2.19. The van der Waals surface area contributed by atoms with Crippen molar-refractivity contribution >= 4 is 11.0 Å². The Kier molecular flexibility index (Phi) is 3.73. The summed E-state index contributed by atoms with van der Waals surface area (Å²) in [6.07, 6.45) is 0. The van der Waals surface area contributed by atoms with Crippen LogP contribution in [-0.2, 0) is 12.0 Å². The van der Waals surface area contributed by atoms with Crippen LogP contribution in [0.4, 0.5) is 0 Å². The SMILES string of the molecule is CCNCc1oc2c(C(C)(C)C)ccc(C)c2c1C. The highest BCUT2D eigenvalue weighted by Crippen LogP contribution is 2.36. The molecular weight excluding hydrogens is 234 g/mol. The van der Waals surface area contributed by atoms with Gasteiger partial charge in [0.15, 0.2) is 0 Å². The number of fused-ring (bicyclic) bond motifs is 1. The zero-order valence-corrected chi connectivity index (χ0v) is 13.0. The van der Waals surface area contributed by atoms with Gasteiger partial charge in [-0.05, 0) is 36.9 Å². The van der Waals surface area contributed by atoms with Gasteiger partial charge in [-0.1, -0.05) is 39.8 Å². The molecule has 0 radical (unpaired) electrons. The van der Waals surface area contributed by atoms with Crippen LogP contribution in [0.5, 0.6) is 0 Å². The Morgan fingerprint density at radius 1 is 1.16 bits per heavy atom. The standard InChI is InChI=1S/C17H25NO/c1-7-18-10-14-12(3)15-11(2)8-9-13(16(15)19-14)17(4,5)6/h8-9,18H,7,10H2,1-6H3. The maximum absolute atomic E-state index is 6.18. The summed E-state index contributed by atoms with van der Waals surface area (Å²) in [7, 11) is 0. The molecule has 2 rings (SSSR count). The molecule has 1 aromatic heterocycles. The molecule has 2 aromatic rings. The van der Waals surface area contributed by atoms with Gasteiger partial charge in [0.1, 0.15) is 11.3 Å². The van der Waals surface area contributed by atoms with Gasteiger partial charge < -0.3 is 9.73 Å². The van der Waals surface area contributed by atoms with Crippen LogP contribution in [0.1, 0.15) is 50.1 Å². The van der Waals surface area contributed by atoms with Crippen LogP contribution < -0.4 is 5.32 Å². The largest absolute Gasteiger partial charge is 0.459 e. The molecule has 0 atom stereocenters. The first-order chi connectivity index (χ1) is 8.86. The number of rotatable bonds is 3. The summed E-state index contributed by atoms with van der Waals surface area (Å²) in [4.78, 5) is 0. The fraction of sp³-hybridized carbons (Fsp3) is 0.529. The second-order valence-corrected chi connectivity index (χ2v) is 6.31. The van der Waals surface area contributed by atoms with Crippen molar-refractivity contribution in [1.82, 2.24) is 5.32 Å². The minimum Gasteiger partial charge on any atom is -0.459 e. The Balaban J connectivity index is 2.66. The van der Waals surface area contributed by atoms with Crippen molar-refractivity contribution in [2.45, 2.75) is 53.5 Å². The minimum absolute atomic E-state index is 0.103. The van der Waals surface area contributed by atoms with Crippen molar-refractivity contribution in [2.24, 2.45) is 0 Å². The lowest BCUT2D eigenvalue weighted by Crippen LogP contribution is -2.12. The number of aryl methyl sites for hydroxylation is 2. The van der Waals surface area contributed by atoms with E-state index in [0.29, 0.717) is 0 Å². The Hall–Kier alpha value is -1.28. The van der Waals surface area contributed by atoms with E-state index >= 15 is 0 Å². The third kappa shape index (κ3) is 2.55. The van der Waals surface area contributed by atoms with Crippen LogP contribution in [0.2, 0.25) is 0 Å². The van der Waals surface area contributed by atoms with Crippen molar-refractivity contribution in [3.05, 3.63) is 34.6 Å². The number of hydrogen-bond donors (Lipinski definition) is 1. The molecule has 1 N–H and O–H groups in total. The van der Waals surface area contributed by atoms with Crippen molar-refractivity contribution < 1.29 is 4.42 Å². The molecule has 1 aromatic carbocycles. The molecule has 0 spiro atoms. The van der Waals surface area contributed by atoms with Crippen molar-refractivity contribution in [3.63, 3.8) is 0 Å². The summed E-state index contributed by atoms with van der Waals surface area (Å²) >= 11 is 0. The van der Waals surface area contributed by atoms with Gasteiger partial charge in [-0.3, -0.25) is 0 Å². The Bertz CT molecular complexity index is 587. The second-order valence-electron chi connectivity index (χ2n) is 6.31. The fourth-order valence-corrected chi connectivity index (χ4v) is 2.59. The summed E-state index contributed by atoms with van der Waals surface area (Å²) in [5.74, 6) is 1.07. The summed E-state index contributed by atoms with van der Waals surface area (Å²) < 4.78 is 6.18. The van der Waals surface area contributed by atoms with Gasteiger partial charge in [-0.15, -0.1) is 0 Å². The quantitative estimate of drug-likeness (QED) is 0.880. The first-order valence-corrected chi connectivity index (χ1v) is 7.09. The van der Waals surface area contributed by atoms with Gasteiger partial charge >= 0.3 is 0 Å². The predicted octanol–water partition coefficient (Wildman–Crippen LogP) is 4.46. The molecule has 0 amide bonds. The topological polar surface area (TPSA) is 25.2 Å². The molecule has 0 unspecified atom stereocenters. The van der Waals surface area contributed by atoms with Gasteiger partial charge in [-0.25, -0.2) is 0 Å². The molecule has 19 heavy (non-hydrogen) atoms. The summed E-state index contributed by atoms with van der Waals surface area (Å²) in [5.41, 5.74) is 5.04. The molecule has 0 aliphatic carbocycles. The average Bonchev–Trinajstić information content (AvgIpc) is 2.63. The lowest BCUT2D eigenvalue weighted by molar-refractivity contribution is 0.502. The van der Waals surface area contributed by atoms with Gasteiger partial charge in [0.25, 0.3) is 0 Å². The van der Waals surface area contributed by atoms with Crippen molar-refractivity contribution in [2.75, 3.05) is 6.54 Å². The molecule has 2 heteroatoms. The normalized spacial score (nSPS) is 12.3. The summed E-state index contributed by atoms with van der Waals surface area (Å²) in [5, 5.41) is 4.64. The van der Waals surface area contributed by atoms with E-state index in [9.17, 15) is 0 Å². The maximum Gasteiger partial charge on any atom is 0.138 e. The van der Waals surface area contributed by atoms with Crippen LogP contribution in [0.3, 0.4) is 0 Å². The highest BCUT2D eigenvalue weighted by atomic mass is 16.3. The Morgan fingerprint density at radius 2 is 1.84 bits per heavy atom. The average molecular weight is 259 g/mol. The Morgan fingerprint density at radius 3 is 2.42 bits per heavy atom. The van der Waals surface area contributed by atoms with Crippen LogP contribution in [0.25, 0.3) is 11.0 Å². The first kappa shape index (κ1) is 14.1. The van der Waals surface area contributed by atoms with Crippen LogP contribution in [-0.4, -0.2) is 6.54 Å². The van der Waals surface area contributed by atoms with Crippen LogP contribution in [0.15, 0.2) is 16.5 Å². The number of benzene rings is 1.